The molecule has 3 rings (SSSR count). The van der Waals surface area contributed by atoms with Gasteiger partial charge in [-0.05, 0) is 23.3 Å². The van der Waals surface area contributed by atoms with Crippen LogP contribution >= 0.6 is 0 Å². The van der Waals surface area contributed by atoms with Crippen LogP contribution in [0.3, 0.4) is 0 Å². The van der Waals surface area contributed by atoms with Gasteiger partial charge in [0.1, 0.15) is 18.5 Å². The van der Waals surface area contributed by atoms with E-state index in [0.29, 0.717) is 5.56 Å². The molecule has 2 aromatic carbocycles. The quantitative estimate of drug-likeness (QED) is 0.936. The van der Waals surface area contributed by atoms with Crippen molar-refractivity contribution in [3.8, 4) is 0 Å². The number of benzene rings is 2. The summed E-state index contributed by atoms with van der Waals surface area (Å²) in [6.45, 7) is 0.265. The first-order valence-corrected chi connectivity index (χ1v) is 7.52. The summed E-state index contributed by atoms with van der Waals surface area (Å²) in [6, 6.07) is 13.9. The van der Waals surface area contributed by atoms with Gasteiger partial charge in [0.15, 0.2) is 0 Å². The van der Waals surface area contributed by atoms with Gasteiger partial charge in [-0.25, -0.2) is 14.0 Å². The third kappa shape index (κ3) is 3.22. The van der Waals surface area contributed by atoms with E-state index in [0.717, 1.165) is 10.5 Å². The van der Waals surface area contributed by atoms with Gasteiger partial charge >= 0.3 is 12.1 Å². The molecule has 0 saturated carbocycles. The Labute approximate surface area is 138 Å². The van der Waals surface area contributed by atoms with Crippen molar-refractivity contribution in [1.82, 2.24) is 4.90 Å². The van der Waals surface area contributed by atoms with E-state index >= 15 is 0 Å². The minimum absolute atomic E-state index is 0.0765. The summed E-state index contributed by atoms with van der Waals surface area (Å²) < 4.78 is 18.5. The van der Waals surface area contributed by atoms with Crippen molar-refractivity contribution in [1.29, 1.82) is 0 Å². The molecule has 5 nitrogen and oxygen atoms in total. The SMILES string of the molecule is O=C(O)[C@@H]1[C@@H](c2cccc(F)c2)CN1C(=O)OCc1ccccc1. The fraction of sp³-hybridized carbons (Fsp3) is 0.222. The molecule has 1 saturated heterocycles. The van der Waals surface area contributed by atoms with Crippen molar-refractivity contribution in [3.05, 3.63) is 71.5 Å². The van der Waals surface area contributed by atoms with Crippen molar-refractivity contribution >= 4 is 12.1 Å². The fourth-order valence-corrected chi connectivity index (χ4v) is 2.83. The van der Waals surface area contributed by atoms with E-state index in [-0.39, 0.29) is 13.2 Å². The van der Waals surface area contributed by atoms with E-state index in [1.165, 1.54) is 18.2 Å². The summed E-state index contributed by atoms with van der Waals surface area (Å²) in [4.78, 5) is 24.8. The summed E-state index contributed by atoms with van der Waals surface area (Å²) in [5, 5.41) is 9.40. The highest BCUT2D eigenvalue weighted by Gasteiger charge is 2.48. The Morgan fingerprint density at radius 1 is 1.17 bits per heavy atom. The van der Waals surface area contributed by atoms with Crippen LogP contribution in [0.15, 0.2) is 54.6 Å². The molecule has 1 aliphatic rings. The molecule has 0 spiro atoms. The average molecular weight is 329 g/mol. The molecule has 1 N–H and O–H groups in total. The Kier molecular flexibility index (Phi) is 4.46. The predicted molar refractivity (Wildman–Crippen MR) is 83.9 cm³/mol. The van der Waals surface area contributed by atoms with Gasteiger partial charge in [0.25, 0.3) is 0 Å². The Balaban J connectivity index is 1.66. The van der Waals surface area contributed by atoms with Crippen molar-refractivity contribution in [3.63, 3.8) is 0 Å². The van der Waals surface area contributed by atoms with E-state index in [1.54, 1.807) is 6.07 Å². The zero-order chi connectivity index (χ0) is 17.1. The van der Waals surface area contributed by atoms with E-state index in [1.807, 2.05) is 30.3 Å². The van der Waals surface area contributed by atoms with Crippen LogP contribution in [-0.4, -0.2) is 34.7 Å². The summed E-state index contributed by atoms with van der Waals surface area (Å²) >= 11 is 0. The van der Waals surface area contributed by atoms with Crippen LogP contribution in [0.1, 0.15) is 17.0 Å². The number of hydrogen-bond donors (Lipinski definition) is 1. The minimum atomic E-state index is -1.13. The molecule has 0 bridgehead atoms. The smallest absolute Gasteiger partial charge is 0.410 e. The fourth-order valence-electron chi connectivity index (χ4n) is 2.83. The minimum Gasteiger partial charge on any atom is -0.480 e. The van der Waals surface area contributed by atoms with Crippen LogP contribution in [0.2, 0.25) is 0 Å². The van der Waals surface area contributed by atoms with Crippen molar-refractivity contribution in [2.75, 3.05) is 6.54 Å². The monoisotopic (exact) mass is 329 g/mol. The van der Waals surface area contributed by atoms with Gasteiger partial charge in [0.2, 0.25) is 0 Å². The maximum absolute atomic E-state index is 13.3. The van der Waals surface area contributed by atoms with Crippen molar-refractivity contribution < 1.29 is 23.8 Å². The van der Waals surface area contributed by atoms with Crippen LogP contribution in [0, 0.1) is 5.82 Å². The lowest BCUT2D eigenvalue weighted by atomic mass is 9.83. The van der Waals surface area contributed by atoms with Crippen molar-refractivity contribution in [2.45, 2.75) is 18.6 Å². The lowest BCUT2D eigenvalue weighted by Gasteiger charge is -2.44. The second-order valence-electron chi connectivity index (χ2n) is 5.64. The number of hydrogen-bond acceptors (Lipinski definition) is 3. The molecule has 124 valence electrons. The molecule has 2 atom stereocenters. The molecular weight excluding hydrogens is 313 g/mol. The van der Waals surface area contributed by atoms with Gasteiger partial charge in [-0.1, -0.05) is 42.5 Å². The molecule has 1 amide bonds. The number of rotatable bonds is 4. The number of nitrogens with zero attached hydrogens (tertiary/aromatic N) is 1. The normalized spacial score (nSPS) is 19.5. The number of amides is 1. The lowest BCUT2D eigenvalue weighted by Crippen LogP contribution is -2.60. The van der Waals surface area contributed by atoms with Crippen LogP contribution in [0.25, 0.3) is 0 Å². The summed E-state index contributed by atoms with van der Waals surface area (Å²) in [6.07, 6.45) is -0.682. The number of halogens is 1. The molecule has 6 heteroatoms. The van der Waals surface area contributed by atoms with Crippen LogP contribution in [-0.2, 0) is 16.1 Å². The average Bonchev–Trinajstić information content (AvgIpc) is 2.52. The molecule has 1 heterocycles. The maximum Gasteiger partial charge on any atom is 0.410 e. The number of ether oxygens (including phenoxy) is 1. The number of aliphatic carboxylic acids is 1. The van der Waals surface area contributed by atoms with E-state index in [2.05, 4.69) is 0 Å². The largest absolute Gasteiger partial charge is 0.480 e. The summed E-state index contributed by atoms with van der Waals surface area (Å²) in [5.74, 6) is -2.00. The first-order valence-electron chi connectivity index (χ1n) is 7.52. The topological polar surface area (TPSA) is 66.8 Å². The molecule has 2 aromatic rings. The van der Waals surface area contributed by atoms with Gasteiger partial charge in [-0.3, -0.25) is 4.90 Å². The highest BCUT2D eigenvalue weighted by Crippen LogP contribution is 2.35. The molecule has 0 aliphatic carbocycles. The second kappa shape index (κ2) is 6.70. The van der Waals surface area contributed by atoms with E-state index < -0.39 is 29.8 Å². The Morgan fingerprint density at radius 2 is 1.92 bits per heavy atom. The number of carbonyl (C=O) groups is 2. The number of carboxylic acids is 1. The highest BCUT2D eigenvalue weighted by molar-refractivity contribution is 5.83. The number of carboxylic acid groups (broad SMARTS) is 1. The van der Waals surface area contributed by atoms with Gasteiger partial charge in [-0.2, -0.15) is 0 Å². The van der Waals surface area contributed by atoms with Gasteiger partial charge < -0.3 is 9.84 Å². The zero-order valence-corrected chi connectivity index (χ0v) is 12.8. The lowest BCUT2D eigenvalue weighted by molar-refractivity contribution is -0.148. The molecule has 1 fully saturated rings. The zero-order valence-electron chi connectivity index (χ0n) is 12.8. The Morgan fingerprint density at radius 3 is 2.58 bits per heavy atom. The molecule has 1 aliphatic heterocycles. The van der Waals surface area contributed by atoms with E-state index in [4.69, 9.17) is 4.74 Å². The molecule has 0 aromatic heterocycles. The molecule has 0 radical (unpaired) electrons. The summed E-state index contributed by atoms with van der Waals surface area (Å²) in [7, 11) is 0. The number of carbonyl (C=O) groups excluding carboxylic acids is 1. The van der Waals surface area contributed by atoms with Crippen LogP contribution < -0.4 is 0 Å². The second-order valence-corrected chi connectivity index (χ2v) is 5.64. The van der Waals surface area contributed by atoms with Crippen LogP contribution in [0.4, 0.5) is 9.18 Å². The molecular formula is C18H16FNO4. The van der Waals surface area contributed by atoms with Crippen molar-refractivity contribution in [2.24, 2.45) is 0 Å². The van der Waals surface area contributed by atoms with Gasteiger partial charge in [0, 0.05) is 12.5 Å². The van der Waals surface area contributed by atoms with Crippen LogP contribution in [0.5, 0.6) is 0 Å². The first kappa shape index (κ1) is 16.0. The maximum atomic E-state index is 13.3. The predicted octanol–water partition coefficient (Wildman–Crippen LogP) is 3.01. The number of likely N-dealkylation sites (tertiary alicyclic amines) is 1. The third-order valence-corrected chi connectivity index (χ3v) is 4.08. The van der Waals surface area contributed by atoms with E-state index in [9.17, 15) is 19.1 Å². The standard InChI is InChI=1S/C18H16FNO4/c19-14-8-4-7-13(9-14)15-10-20(16(15)17(21)22)18(23)24-11-12-5-2-1-3-6-12/h1-9,15-16H,10-11H2,(H,21,22)/t15-,16+/m1/s1. The molecule has 24 heavy (non-hydrogen) atoms. The summed E-state index contributed by atoms with van der Waals surface area (Å²) in [5.41, 5.74) is 1.38. The Bertz CT molecular complexity index is 750. The highest BCUT2D eigenvalue weighted by atomic mass is 19.1. The molecule has 0 unspecified atom stereocenters. The first-order chi connectivity index (χ1) is 11.6. The Hall–Kier alpha value is -2.89. The van der Waals surface area contributed by atoms with Gasteiger partial charge in [-0.15, -0.1) is 0 Å². The third-order valence-electron chi connectivity index (χ3n) is 4.08. The van der Waals surface area contributed by atoms with Gasteiger partial charge in [0.05, 0.1) is 0 Å².